The molecule has 0 spiro atoms. The van der Waals surface area contributed by atoms with E-state index in [9.17, 15) is 0 Å². The first-order valence-electron chi connectivity index (χ1n) is 5.02. The minimum absolute atomic E-state index is 0.846. The molecule has 1 fully saturated rings. The zero-order valence-electron chi connectivity index (χ0n) is 8.21. The monoisotopic (exact) mass is 230 g/mol. The summed E-state index contributed by atoms with van der Waals surface area (Å²) in [5.41, 5.74) is 0. The van der Waals surface area contributed by atoms with Gasteiger partial charge in [0.25, 0.3) is 0 Å². The average molecular weight is 229 g/mol. The Labute approximate surface area is 82.0 Å². The molecule has 0 aromatic carbocycles. The predicted octanol–water partition coefficient (Wildman–Crippen LogP) is 3.08. The number of fused-ring (bicyclic) bond motifs is 1. The third-order valence-electron chi connectivity index (χ3n) is 3.48. The minimum atomic E-state index is 0.846. The van der Waals surface area contributed by atoms with Gasteiger partial charge in [-0.25, -0.2) is 0 Å². The molecular formula is C11H18Se. The first-order valence-corrected chi connectivity index (χ1v) is 6.86. The van der Waals surface area contributed by atoms with Gasteiger partial charge in [0.2, 0.25) is 0 Å². The third-order valence-corrected chi connectivity index (χ3v) is 6.32. The van der Waals surface area contributed by atoms with Gasteiger partial charge in [0, 0.05) is 0 Å². The van der Waals surface area contributed by atoms with Crippen molar-refractivity contribution in [1.29, 1.82) is 0 Å². The van der Waals surface area contributed by atoms with Crippen molar-refractivity contribution in [2.75, 3.05) is 0 Å². The fraction of sp³-hybridized carbons (Fsp3) is 0.818. The van der Waals surface area contributed by atoms with Crippen molar-refractivity contribution < 1.29 is 0 Å². The average Bonchev–Trinajstić information content (AvgIpc) is 2.30. The summed E-state index contributed by atoms with van der Waals surface area (Å²) in [5.74, 6) is 2.91. The molecule has 1 heterocycles. The maximum atomic E-state index is 2.56. The van der Waals surface area contributed by atoms with E-state index >= 15 is 0 Å². The summed E-state index contributed by atoms with van der Waals surface area (Å²) in [6.45, 7) is 7.19. The van der Waals surface area contributed by atoms with Crippen LogP contribution in [0.15, 0.2) is 10.5 Å². The van der Waals surface area contributed by atoms with Gasteiger partial charge in [-0.1, -0.05) is 0 Å². The summed E-state index contributed by atoms with van der Waals surface area (Å²) in [5, 5.41) is 0. The fourth-order valence-electron chi connectivity index (χ4n) is 2.48. The zero-order valence-corrected chi connectivity index (χ0v) is 9.92. The summed E-state index contributed by atoms with van der Waals surface area (Å²) in [6.07, 6.45) is 5.53. The van der Waals surface area contributed by atoms with Gasteiger partial charge in [-0.15, -0.1) is 0 Å². The molecule has 0 radical (unpaired) electrons. The Bertz CT molecular complexity index is 207. The van der Waals surface area contributed by atoms with Crippen LogP contribution < -0.4 is 0 Å². The maximum absolute atomic E-state index is 2.56. The van der Waals surface area contributed by atoms with Crippen molar-refractivity contribution in [3.05, 3.63) is 10.5 Å². The second-order valence-corrected chi connectivity index (χ2v) is 7.64. The molecule has 2 rings (SSSR count). The van der Waals surface area contributed by atoms with Crippen LogP contribution in [0.4, 0.5) is 0 Å². The van der Waals surface area contributed by atoms with Crippen LogP contribution in [0, 0.1) is 17.8 Å². The van der Waals surface area contributed by atoms with E-state index in [4.69, 9.17) is 0 Å². The first kappa shape index (κ1) is 8.84. The summed E-state index contributed by atoms with van der Waals surface area (Å²) < 4.78 is 1.71. The Balaban J connectivity index is 2.07. The second kappa shape index (κ2) is 3.20. The van der Waals surface area contributed by atoms with Crippen LogP contribution in [-0.4, -0.2) is 15.0 Å². The molecule has 0 N–H and O–H groups in total. The van der Waals surface area contributed by atoms with Crippen LogP contribution in [-0.2, 0) is 0 Å². The molecule has 4 unspecified atom stereocenters. The van der Waals surface area contributed by atoms with E-state index in [0.717, 1.165) is 37.5 Å². The van der Waals surface area contributed by atoms with Crippen LogP contribution in [0.2, 0.25) is 4.82 Å². The molecule has 68 valence electrons. The molecule has 2 aliphatic rings. The predicted molar refractivity (Wildman–Crippen MR) is 54.3 cm³/mol. The fourth-order valence-corrected chi connectivity index (χ4v) is 5.61. The van der Waals surface area contributed by atoms with Crippen molar-refractivity contribution in [2.24, 2.45) is 17.8 Å². The Morgan fingerprint density at radius 2 is 1.92 bits per heavy atom. The molecule has 0 bridgehead atoms. The Morgan fingerprint density at radius 3 is 2.67 bits per heavy atom. The molecule has 12 heavy (non-hydrogen) atoms. The molecule has 1 heteroatoms. The molecule has 0 aromatic rings. The summed E-state index contributed by atoms with van der Waals surface area (Å²) >= 11 is 0.846. The number of hydrogen-bond donors (Lipinski definition) is 0. The standard InChI is InChI=1S/C11H18Se/c1-7-4-10-6-9(3)12-11(10)5-8(7)2/h6-8,10-11H,4-5H2,1-3H3. The number of hydrogen-bond acceptors (Lipinski definition) is 0. The number of rotatable bonds is 0. The van der Waals surface area contributed by atoms with E-state index in [1.807, 2.05) is 0 Å². The van der Waals surface area contributed by atoms with Crippen LogP contribution in [0.1, 0.15) is 33.6 Å². The summed E-state index contributed by atoms with van der Waals surface area (Å²) in [6, 6.07) is 0. The SMILES string of the molecule is CC1=CC2CC(C)C(C)CC2[Se]1. The van der Waals surface area contributed by atoms with E-state index < -0.39 is 0 Å². The van der Waals surface area contributed by atoms with Crippen molar-refractivity contribution in [2.45, 2.75) is 38.4 Å². The van der Waals surface area contributed by atoms with Gasteiger partial charge in [0.15, 0.2) is 0 Å². The Hall–Kier alpha value is 0.259. The Morgan fingerprint density at radius 1 is 1.25 bits per heavy atom. The molecule has 1 aliphatic heterocycles. The van der Waals surface area contributed by atoms with Crippen LogP contribution in [0.3, 0.4) is 0 Å². The topological polar surface area (TPSA) is 0 Å². The zero-order chi connectivity index (χ0) is 8.72. The third kappa shape index (κ3) is 1.49. The second-order valence-electron chi connectivity index (χ2n) is 4.52. The summed E-state index contributed by atoms with van der Waals surface area (Å²) in [4.78, 5) is 1.07. The van der Waals surface area contributed by atoms with Crippen LogP contribution in [0.5, 0.6) is 0 Å². The van der Waals surface area contributed by atoms with E-state index in [2.05, 4.69) is 26.8 Å². The van der Waals surface area contributed by atoms with Crippen molar-refractivity contribution in [3.63, 3.8) is 0 Å². The number of allylic oxidation sites excluding steroid dienone is 2. The van der Waals surface area contributed by atoms with Gasteiger partial charge in [-0.05, 0) is 0 Å². The van der Waals surface area contributed by atoms with E-state index in [1.165, 1.54) is 12.8 Å². The normalized spacial score (nSPS) is 47.1. The van der Waals surface area contributed by atoms with E-state index in [-0.39, 0.29) is 0 Å². The quantitative estimate of drug-likeness (QED) is 0.560. The first-order chi connectivity index (χ1) is 5.66. The molecule has 1 saturated carbocycles. The van der Waals surface area contributed by atoms with Crippen molar-refractivity contribution >= 4 is 15.0 Å². The van der Waals surface area contributed by atoms with E-state index in [1.54, 1.807) is 4.47 Å². The van der Waals surface area contributed by atoms with E-state index in [0.29, 0.717) is 0 Å². The molecule has 1 aliphatic carbocycles. The van der Waals surface area contributed by atoms with Gasteiger partial charge in [0.1, 0.15) is 0 Å². The molecule has 4 atom stereocenters. The van der Waals surface area contributed by atoms with Gasteiger partial charge < -0.3 is 0 Å². The van der Waals surface area contributed by atoms with Gasteiger partial charge in [-0.2, -0.15) is 0 Å². The summed E-state index contributed by atoms with van der Waals surface area (Å²) in [7, 11) is 0. The molecule has 0 nitrogen and oxygen atoms in total. The van der Waals surface area contributed by atoms with Crippen molar-refractivity contribution in [3.8, 4) is 0 Å². The van der Waals surface area contributed by atoms with Crippen LogP contribution in [0.25, 0.3) is 0 Å². The van der Waals surface area contributed by atoms with Gasteiger partial charge >= 0.3 is 81.7 Å². The molecule has 0 saturated heterocycles. The molecule has 0 amide bonds. The Kier molecular flexibility index (Phi) is 2.35. The van der Waals surface area contributed by atoms with Gasteiger partial charge in [-0.3, -0.25) is 0 Å². The van der Waals surface area contributed by atoms with Gasteiger partial charge in [0.05, 0.1) is 0 Å². The van der Waals surface area contributed by atoms with Crippen LogP contribution >= 0.6 is 0 Å². The molecule has 0 aromatic heterocycles. The van der Waals surface area contributed by atoms with Crippen molar-refractivity contribution in [1.82, 2.24) is 0 Å². The molecular weight excluding hydrogens is 211 g/mol.